The lowest BCUT2D eigenvalue weighted by Gasteiger charge is -2.12. The zero-order chi connectivity index (χ0) is 14.4. The van der Waals surface area contributed by atoms with E-state index in [9.17, 15) is 14.9 Å². The Morgan fingerprint density at radius 1 is 1.53 bits per heavy atom. The van der Waals surface area contributed by atoms with Crippen LogP contribution in [0.4, 0.5) is 11.4 Å². The zero-order valence-electron chi connectivity index (χ0n) is 11.2. The van der Waals surface area contributed by atoms with Gasteiger partial charge in [-0.1, -0.05) is 25.8 Å². The number of unbranched alkanes of at least 4 members (excludes halogenated alkanes) is 1. The maximum Gasteiger partial charge on any atom is 0.292 e. The normalized spacial score (nSPS) is 11.9. The summed E-state index contributed by atoms with van der Waals surface area (Å²) in [6, 6.07) is 3.94. The molecule has 0 aliphatic carbocycles. The van der Waals surface area contributed by atoms with E-state index >= 15 is 0 Å². The van der Waals surface area contributed by atoms with Gasteiger partial charge in [0.05, 0.1) is 11.0 Å². The number of benzene rings is 1. The average molecular weight is 265 g/mol. The zero-order valence-corrected chi connectivity index (χ0v) is 11.2. The molecule has 1 atom stereocenters. The first kappa shape index (κ1) is 15.1. The van der Waals surface area contributed by atoms with E-state index in [2.05, 4.69) is 5.32 Å². The van der Waals surface area contributed by atoms with E-state index in [1.165, 1.54) is 6.07 Å². The molecule has 0 fully saturated rings. The first-order valence-electron chi connectivity index (χ1n) is 6.27. The molecule has 0 bridgehead atoms. The molecular formula is C13H19N3O3. The van der Waals surface area contributed by atoms with E-state index in [4.69, 9.17) is 5.73 Å². The molecule has 104 valence electrons. The molecule has 19 heavy (non-hydrogen) atoms. The number of hydrogen-bond donors (Lipinski definition) is 2. The summed E-state index contributed by atoms with van der Waals surface area (Å²) >= 11 is 0. The van der Waals surface area contributed by atoms with Gasteiger partial charge < -0.3 is 11.1 Å². The van der Waals surface area contributed by atoms with Crippen LogP contribution in [-0.2, 0) is 4.79 Å². The second kappa shape index (κ2) is 6.84. The van der Waals surface area contributed by atoms with Crippen LogP contribution in [0.25, 0.3) is 0 Å². The summed E-state index contributed by atoms with van der Waals surface area (Å²) in [7, 11) is 0. The highest BCUT2D eigenvalue weighted by molar-refractivity contribution is 5.96. The van der Waals surface area contributed by atoms with Crippen LogP contribution in [0.2, 0.25) is 0 Å². The van der Waals surface area contributed by atoms with Crippen molar-refractivity contribution in [1.82, 2.24) is 0 Å². The average Bonchev–Trinajstić information content (AvgIpc) is 2.35. The third-order valence-electron chi connectivity index (χ3n) is 2.81. The van der Waals surface area contributed by atoms with E-state index in [0.717, 1.165) is 18.4 Å². The lowest BCUT2D eigenvalue weighted by molar-refractivity contribution is -0.383. The fraction of sp³-hybridized carbons (Fsp3) is 0.462. The SMILES string of the molecule is CCCCC(N)C(=O)Nc1cc(C)ccc1[N+](=O)[O-]. The van der Waals surface area contributed by atoms with E-state index < -0.39 is 11.0 Å². The Morgan fingerprint density at radius 3 is 2.79 bits per heavy atom. The van der Waals surface area contributed by atoms with Gasteiger partial charge in [-0.25, -0.2) is 0 Å². The molecule has 1 unspecified atom stereocenters. The van der Waals surface area contributed by atoms with Crippen molar-refractivity contribution in [3.05, 3.63) is 33.9 Å². The smallest absolute Gasteiger partial charge is 0.292 e. The molecule has 0 aliphatic heterocycles. The van der Waals surface area contributed by atoms with Crippen LogP contribution in [0.1, 0.15) is 31.7 Å². The summed E-state index contributed by atoms with van der Waals surface area (Å²) in [4.78, 5) is 22.2. The number of carbonyl (C=O) groups is 1. The van der Waals surface area contributed by atoms with Crippen LogP contribution in [-0.4, -0.2) is 16.9 Å². The number of nitrogens with zero attached hydrogens (tertiary/aromatic N) is 1. The Balaban J connectivity index is 2.83. The predicted octanol–water partition coefficient (Wildman–Crippen LogP) is 2.36. The maximum atomic E-state index is 11.8. The Kier molecular flexibility index (Phi) is 5.44. The minimum Gasteiger partial charge on any atom is -0.320 e. The van der Waals surface area contributed by atoms with E-state index in [1.54, 1.807) is 19.1 Å². The first-order valence-corrected chi connectivity index (χ1v) is 6.27. The Bertz CT molecular complexity index is 474. The lowest BCUT2D eigenvalue weighted by atomic mass is 10.1. The summed E-state index contributed by atoms with van der Waals surface area (Å²) in [6.45, 7) is 3.81. The summed E-state index contributed by atoms with van der Waals surface area (Å²) in [5.74, 6) is -0.387. The van der Waals surface area contributed by atoms with Crippen molar-refractivity contribution >= 4 is 17.3 Å². The Labute approximate surface area is 112 Å². The minimum absolute atomic E-state index is 0.123. The maximum absolute atomic E-state index is 11.8. The van der Waals surface area contributed by atoms with Crippen LogP contribution in [0.15, 0.2) is 18.2 Å². The van der Waals surface area contributed by atoms with E-state index in [1.807, 2.05) is 6.92 Å². The van der Waals surface area contributed by atoms with Crippen molar-refractivity contribution < 1.29 is 9.72 Å². The van der Waals surface area contributed by atoms with Gasteiger partial charge in [0.1, 0.15) is 5.69 Å². The number of nitrogens with one attached hydrogen (secondary N) is 1. The fourth-order valence-electron chi connectivity index (χ4n) is 1.69. The van der Waals surface area contributed by atoms with Gasteiger partial charge in [-0.15, -0.1) is 0 Å². The minimum atomic E-state index is -0.639. The monoisotopic (exact) mass is 265 g/mol. The third-order valence-corrected chi connectivity index (χ3v) is 2.81. The molecule has 0 heterocycles. The molecule has 0 aromatic heterocycles. The number of hydrogen-bond acceptors (Lipinski definition) is 4. The van der Waals surface area contributed by atoms with Gasteiger partial charge in [-0.3, -0.25) is 14.9 Å². The van der Waals surface area contributed by atoms with Crippen molar-refractivity contribution in [2.45, 2.75) is 39.2 Å². The van der Waals surface area contributed by atoms with Crippen molar-refractivity contribution in [2.24, 2.45) is 5.73 Å². The Morgan fingerprint density at radius 2 is 2.21 bits per heavy atom. The quantitative estimate of drug-likeness (QED) is 0.609. The molecule has 6 nitrogen and oxygen atoms in total. The molecular weight excluding hydrogens is 246 g/mol. The fourth-order valence-corrected chi connectivity index (χ4v) is 1.69. The molecule has 1 aromatic carbocycles. The second-order valence-corrected chi connectivity index (χ2v) is 4.52. The summed E-state index contributed by atoms with van der Waals surface area (Å²) in [5, 5.41) is 13.4. The lowest BCUT2D eigenvalue weighted by Crippen LogP contribution is -2.35. The number of nitro benzene ring substituents is 1. The van der Waals surface area contributed by atoms with Gasteiger partial charge in [0, 0.05) is 6.07 Å². The molecule has 1 aromatic rings. The second-order valence-electron chi connectivity index (χ2n) is 4.52. The number of nitrogens with two attached hydrogens (primary N) is 1. The third kappa shape index (κ3) is 4.33. The van der Waals surface area contributed by atoms with Gasteiger partial charge in [0.15, 0.2) is 0 Å². The number of aryl methyl sites for hydroxylation is 1. The van der Waals surface area contributed by atoms with Gasteiger partial charge in [-0.05, 0) is 25.0 Å². The molecule has 0 saturated carbocycles. The van der Waals surface area contributed by atoms with Gasteiger partial charge in [0.25, 0.3) is 5.69 Å². The van der Waals surface area contributed by atoms with Crippen LogP contribution in [0.3, 0.4) is 0 Å². The van der Waals surface area contributed by atoms with Gasteiger partial charge in [-0.2, -0.15) is 0 Å². The highest BCUT2D eigenvalue weighted by Gasteiger charge is 2.19. The number of rotatable bonds is 6. The van der Waals surface area contributed by atoms with Crippen molar-refractivity contribution in [3.8, 4) is 0 Å². The van der Waals surface area contributed by atoms with Crippen molar-refractivity contribution in [2.75, 3.05) is 5.32 Å². The standard InChI is InChI=1S/C13H19N3O3/c1-3-4-5-10(14)13(17)15-11-8-9(2)6-7-12(11)16(18)19/h6-8,10H,3-5,14H2,1-2H3,(H,15,17). The molecule has 0 radical (unpaired) electrons. The predicted molar refractivity (Wildman–Crippen MR) is 74.0 cm³/mol. The van der Waals surface area contributed by atoms with Crippen LogP contribution in [0, 0.1) is 17.0 Å². The molecule has 3 N–H and O–H groups in total. The van der Waals surface area contributed by atoms with Crippen molar-refractivity contribution in [1.29, 1.82) is 0 Å². The highest BCUT2D eigenvalue weighted by atomic mass is 16.6. The summed E-state index contributed by atoms with van der Waals surface area (Å²) < 4.78 is 0. The van der Waals surface area contributed by atoms with Gasteiger partial charge >= 0.3 is 0 Å². The topological polar surface area (TPSA) is 98.3 Å². The van der Waals surface area contributed by atoms with E-state index in [0.29, 0.717) is 6.42 Å². The highest BCUT2D eigenvalue weighted by Crippen LogP contribution is 2.25. The largest absolute Gasteiger partial charge is 0.320 e. The van der Waals surface area contributed by atoms with E-state index in [-0.39, 0.29) is 17.3 Å². The van der Waals surface area contributed by atoms with Gasteiger partial charge in [0.2, 0.25) is 5.91 Å². The number of carbonyl (C=O) groups excluding carboxylic acids is 1. The number of nitro groups is 1. The van der Waals surface area contributed by atoms with Crippen LogP contribution < -0.4 is 11.1 Å². The molecule has 0 spiro atoms. The number of anilines is 1. The Hall–Kier alpha value is -1.95. The molecule has 1 rings (SSSR count). The van der Waals surface area contributed by atoms with Crippen molar-refractivity contribution in [3.63, 3.8) is 0 Å². The summed E-state index contributed by atoms with van der Waals surface area (Å²) in [6.07, 6.45) is 2.37. The molecule has 1 amide bonds. The summed E-state index contributed by atoms with van der Waals surface area (Å²) in [5.41, 5.74) is 6.64. The first-order chi connectivity index (χ1) is 8.95. The molecule has 6 heteroatoms. The van der Waals surface area contributed by atoms with Crippen LogP contribution in [0.5, 0.6) is 0 Å². The van der Waals surface area contributed by atoms with Crippen LogP contribution >= 0.6 is 0 Å². The number of amides is 1. The molecule has 0 aliphatic rings. The molecule has 0 saturated heterocycles.